The van der Waals surface area contributed by atoms with Crippen LogP contribution in [-0.2, 0) is 0 Å². The molecule has 40 heavy (non-hydrogen) atoms. The smallest absolute Gasteiger partial charge is 0.237 e. The van der Waals surface area contributed by atoms with Gasteiger partial charge in [-0.05, 0) is 41.8 Å². The molecule has 0 fully saturated rings. The van der Waals surface area contributed by atoms with Gasteiger partial charge in [0, 0.05) is 32.7 Å². The predicted octanol–water partition coefficient (Wildman–Crippen LogP) is 8.79. The molecule has 0 aliphatic carbocycles. The van der Waals surface area contributed by atoms with E-state index in [0.717, 1.165) is 77.3 Å². The quantitative estimate of drug-likeness (QED) is 0.232. The van der Waals surface area contributed by atoms with Crippen LogP contribution in [0, 0.1) is 0 Å². The molecular formula is C35H20N4O. The van der Waals surface area contributed by atoms with E-state index in [-0.39, 0.29) is 0 Å². The lowest BCUT2D eigenvalue weighted by Crippen LogP contribution is -2.08. The van der Waals surface area contributed by atoms with E-state index >= 15 is 0 Å². The fourth-order valence-electron chi connectivity index (χ4n) is 5.99. The number of benzene rings is 5. The van der Waals surface area contributed by atoms with Crippen LogP contribution in [0.5, 0.6) is 0 Å². The van der Waals surface area contributed by atoms with E-state index in [0.29, 0.717) is 5.95 Å². The van der Waals surface area contributed by atoms with Crippen LogP contribution in [0.15, 0.2) is 126 Å². The highest BCUT2D eigenvalue weighted by atomic mass is 16.3. The third-order valence-corrected chi connectivity index (χ3v) is 7.80. The Morgan fingerprint density at radius 3 is 2.12 bits per heavy atom. The summed E-state index contributed by atoms with van der Waals surface area (Å²) in [6.45, 7) is 0. The van der Waals surface area contributed by atoms with Gasteiger partial charge < -0.3 is 4.42 Å². The molecule has 0 amide bonds. The van der Waals surface area contributed by atoms with E-state index in [1.54, 1.807) is 0 Å². The van der Waals surface area contributed by atoms with Crippen molar-refractivity contribution in [2.24, 2.45) is 0 Å². The highest BCUT2D eigenvalue weighted by molar-refractivity contribution is 6.11. The lowest BCUT2D eigenvalue weighted by molar-refractivity contribution is 0.670. The largest absolute Gasteiger partial charge is 0.455 e. The maximum absolute atomic E-state index is 6.43. The standard InChI is InChI=1S/C35H20N4O/c1-7-18-30-21(10-1)20-27-22-11-2-5-16-28(22)36-34(27)39(30)35-37-29-17-6-3-13-25(29)32(38-35)26-15-9-14-24-23-12-4-8-19-31(23)40-33(24)26/h1-20H. The van der Waals surface area contributed by atoms with E-state index < -0.39 is 0 Å². The summed E-state index contributed by atoms with van der Waals surface area (Å²) in [4.78, 5) is 15.5. The predicted molar refractivity (Wildman–Crippen MR) is 161 cm³/mol. The van der Waals surface area contributed by atoms with Crippen LogP contribution >= 0.6 is 0 Å². The summed E-state index contributed by atoms with van der Waals surface area (Å²) in [5.41, 5.74) is 7.34. The van der Waals surface area contributed by atoms with Gasteiger partial charge >= 0.3 is 0 Å². The minimum atomic E-state index is 0.575. The zero-order valence-corrected chi connectivity index (χ0v) is 21.2. The van der Waals surface area contributed by atoms with Crippen LogP contribution in [0.25, 0.3) is 83.2 Å². The van der Waals surface area contributed by atoms with E-state index in [9.17, 15) is 0 Å². The van der Waals surface area contributed by atoms with E-state index in [2.05, 4.69) is 77.4 Å². The first-order chi connectivity index (χ1) is 19.8. The van der Waals surface area contributed by atoms with Gasteiger partial charge in [0.25, 0.3) is 0 Å². The highest BCUT2D eigenvalue weighted by Gasteiger charge is 2.22. The SMILES string of the molecule is c1ccc2c(c1)cc1c3ccccc3nc-1n2-c1nc(-c2cccc3c2oc2ccccc23)c2ccccc2n1. The van der Waals surface area contributed by atoms with Crippen LogP contribution in [0.3, 0.4) is 0 Å². The summed E-state index contributed by atoms with van der Waals surface area (Å²) in [5, 5.41) is 5.35. The average Bonchev–Trinajstić information content (AvgIpc) is 3.57. The summed E-state index contributed by atoms with van der Waals surface area (Å²) >= 11 is 0. The van der Waals surface area contributed by atoms with Gasteiger partial charge in [0.1, 0.15) is 17.0 Å². The first-order valence-corrected chi connectivity index (χ1v) is 13.3. The van der Waals surface area contributed by atoms with Gasteiger partial charge in [0.05, 0.1) is 22.2 Å². The molecule has 0 N–H and O–H groups in total. The number of hydrogen-bond acceptors (Lipinski definition) is 4. The molecular weight excluding hydrogens is 492 g/mol. The van der Waals surface area contributed by atoms with Gasteiger partial charge in [0.2, 0.25) is 5.95 Å². The Morgan fingerprint density at radius 1 is 0.525 bits per heavy atom. The molecule has 0 spiro atoms. The number of aromatic nitrogens is 4. The van der Waals surface area contributed by atoms with E-state index in [1.165, 1.54) is 0 Å². The van der Waals surface area contributed by atoms with Crippen molar-refractivity contribution < 1.29 is 4.42 Å². The Kier molecular flexibility index (Phi) is 4.27. The molecule has 9 rings (SSSR count). The first kappa shape index (κ1) is 21.4. The second-order valence-corrected chi connectivity index (χ2v) is 10.1. The Labute approximate surface area is 228 Å². The number of rotatable bonds is 2. The molecule has 5 aromatic carbocycles. The molecule has 2 aliphatic heterocycles. The number of fused-ring (bicyclic) bond motifs is 8. The number of hydrogen-bond donors (Lipinski definition) is 0. The topological polar surface area (TPSA) is 56.7 Å². The first-order valence-electron chi connectivity index (χ1n) is 13.3. The van der Waals surface area contributed by atoms with Crippen LogP contribution < -0.4 is 0 Å². The zero-order chi connectivity index (χ0) is 26.2. The molecule has 0 bridgehead atoms. The van der Waals surface area contributed by atoms with Crippen molar-refractivity contribution in [3.8, 4) is 28.6 Å². The summed E-state index contributed by atoms with van der Waals surface area (Å²) in [7, 11) is 0. The summed E-state index contributed by atoms with van der Waals surface area (Å²) < 4.78 is 8.53. The molecule has 0 radical (unpaired) electrons. The van der Waals surface area contributed by atoms with Crippen molar-refractivity contribution >= 4 is 54.6 Å². The molecule has 186 valence electrons. The fourth-order valence-corrected chi connectivity index (χ4v) is 5.99. The average molecular weight is 513 g/mol. The van der Waals surface area contributed by atoms with Crippen LogP contribution in [-0.4, -0.2) is 19.5 Å². The number of nitrogens with zero attached hydrogens (tertiary/aromatic N) is 4. The molecule has 4 heterocycles. The van der Waals surface area contributed by atoms with Gasteiger partial charge in [-0.3, -0.25) is 4.57 Å². The van der Waals surface area contributed by atoms with Crippen LogP contribution in [0.4, 0.5) is 0 Å². The molecule has 7 aromatic rings. The Balaban J connectivity index is 1.42. The Bertz CT molecular complexity index is 2400. The third-order valence-electron chi connectivity index (χ3n) is 7.80. The molecule has 0 unspecified atom stereocenters. The summed E-state index contributed by atoms with van der Waals surface area (Å²) in [5.74, 6) is 1.41. The zero-order valence-electron chi connectivity index (χ0n) is 21.2. The molecule has 2 aliphatic rings. The normalized spacial score (nSPS) is 12.0. The lowest BCUT2D eigenvalue weighted by atomic mass is 10.0. The van der Waals surface area contributed by atoms with Crippen molar-refractivity contribution in [3.63, 3.8) is 0 Å². The summed E-state index contributed by atoms with van der Waals surface area (Å²) in [6, 6.07) is 41.4. The molecule has 2 aromatic heterocycles. The maximum Gasteiger partial charge on any atom is 0.237 e. The minimum absolute atomic E-state index is 0.575. The van der Waals surface area contributed by atoms with E-state index in [1.807, 2.05) is 48.5 Å². The lowest BCUT2D eigenvalue weighted by Gasteiger charge is -2.16. The Hall–Kier alpha value is -5.55. The van der Waals surface area contributed by atoms with Gasteiger partial charge in [-0.2, -0.15) is 0 Å². The molecule has 0 saturated carbocycles. The van der Waals surface area contributed by atoms with Crippen molar-refractivity contribution in [2.45, 2.75) is 0 Å². The maximum atomic E-state index is 6.43. The molecule has 0 atom stereocenters. The van der Waals surface area contributed by atoms with Gasteiger partial charge in [-0.15, -0.1) is 0 Å². The Morgan fingerprint density at radius 2 is 1.23 bits per heavy atom. The number of furan rings is 1. The van der Waals surface area contributed by atoms with Crippen molar-refractivity contribution in [1.82, 2.24) is 19.5 Å². The molecule has 0 saturated heterocycles. The highest BCUT2D eigenvalue weighted by Crippen LogP contribution is 2.39. The number of para-hydroxylation sites is 5. The third kappa shape index (κ3) is 2.94. The van der Waals surface area contributed by atoms with Crippen molar-refractivity contribution in [2.75, 3.05) is 0 Å². The van der Waals surface area contributed by atoms with E-state index in [4.69, 9.17) is 19.4 Å². The monoisotopic (exact) mass is 512 g/mol. The fraction of sp³-hybridized carbons (Fsp3) is 0. The minimum Gasteiger partial charge on any atom is -0.455 e. The second-order valence-electron chi connectivity index (χ2n) is 10.1. The summed E-state index contributed by atoms with van der Waals surface area (Å²) in [6.07, 6.45) is 0. The second kappa shape index (κ2) is 7.98. The van der Waals surface area contributed by atoms with Gasteiger partial charge in [0.15, 0.2) is 0 Å². The van der Waals surface area contributed by atoms with Gasteiger partial charge in [-0.25, -0.2) is 15.0 Å². The molecule has 5 heteroatoms. The van der Waals surface area contributed by atoms with Crippen LogP contribution in [0.2, 0.25) is 0 Å². The molecule has 5 nitrogen and oxygen atoms in total. The number of pyridine rings is 1. The van der Waals surface area contributed by atoms with Crippen molar-refractivity contribution in [1.29, 1.82) is 0 Å². The van der Waals surface area contributed by atoms with Crippen molar-refractivity contribution in [3.05, 3.63) is 121 Å². The van der Waals surface area contributed by atoms with Crippen LogP contribution in [0.1, 0.15) is 0 Å². The van der Waals surface area contributed by atoms with Gasteiger partial charge in [-0.1, -0.05) is 84.9 Å².